The number of amides is 2. The third-order valence-corrected chi connectivity index (χ3v) is 6.56. The second-order valence-corrected chi connectivity index (χ2v) is 8.90. The Morgan fingerprint density at radius 1 is 1.09 bits per heavy atom. The van der Waals surface area contributed by atoms with Crippen LogP contribution in [0.2, 0.25) is 0 Å². The summed E-state index contributed by atoms with van der Waals surface area (Å²) in [6, 6.07) is 16.3. The summed E-state index contributed by atoms with van der Waals surface area (Å²) in [6.45, 7) is 6.67. The largest absolute Gasteiger partial charge is 0.481 e. The molecule has 6 heteroatoms. The van der Waals surface area contributed by atoms with Crippen LogP contribution in [0.1, 0.15) is 71.9 Å². The minimum Gasteiger partial charge on any atom is -0.481 e. The molecule has 0 fully saturated rings. The lowest BCUT2D eigenvalue weighted by Gasteiger charge is -2.27. The molecule has 0 saturated heterocycles. The maximum absolute atomic E-state index is 12.7. The Bertz CT molecular complexity index is 1140. The third kappa shape index (κ3) is 3.64. The molecule has 164 valence electrons. The van der Waals surface area contributed by atoms with Crippen LogP contribution in [0.25, 0.3) is 0 Å². The summed E-state index contributed by atoms with van der Waals surface area (Å²) in [5.41, 5.74) is 3.77. The Morgan fingerprint density at radius 2 is 1.75 bits per heavy atom. The van der Waals surface area contributed by atoms with Crippen molar-refractivity contribution in [3.63, 3.8) is 0 Å². The van der Waals surface area contributed by atoms with Crippen LogP contribution in [-0.4, -0.2) is 33.8 Å². The zero-order valence-electron chi connectivity index (χ0n) is 18.5. The Hall–Kier alpha value is -3.59. The van der Waals surface area contributed by atoms with Crippen molar-refractivity contribution >= 4 is 23.5 Å². The number of carboxylic acids is 1. The second kappa shape index (κ2) is 8.16. The molecule has 0 bridgehead atoms. The van der Waals surface area contributed by atoms with Crippen LogP contribution in [0.3, 0.4) is 0 Å². The van der Waals surface area contributed by atoms with Crippen molar-refractivity contribution in [1.82, 2.24) is 4.90 Å². The smallest absolute Gasteiger partial charge is 0.303 e. The van der Waals surface area contributed by atoms with E-state index in [1.165, 1.54) is 4.90 Å². The van der Waals surface area contributed by atoms with E-state index in [0.717, 1.165) is 16.8 Å². The zero-order chi connectivity index (χ0) is 23.0. The average molecular weight is 431 g/mol. The number of carbonyl (C=O) groups excluding carboxylic acids is 2. The molecule has 0 aromatic heterocycles. The number of carboxylic acid groups (broad SMARTS) is 1. The normalized spacial score (nSPS) is 18.3. The molecule has 1 N–H and O–H groups in total. The van der Waals surface area contributed by atoms with Gasteiger partial charge in [0.15, 0.2) is 0 Å². The molecule has 0 aliphatic carbocycles. The van der Waals surface area contributed by atoms with Crippen LogP contribution >= 0.6 is 0 Å². The molecule has 2 aliphatic heterocycles. The quantitative estimate of drug-likeness (QED) is 0.437. The number of hydrogen-bond donors (Lipinski definition) is 1. The number of anilines is 1. The number of rotatable bonds is 5. The van der Waals surface area contributed by atoms with Gasteiger partial charge < -0.3 is 5.11 Å². The molecule has 1 atom stereocenters. The first-order valence-electron chi connectivity index (χ1n) is 10.8. The number of unbranched alkanes of at least 4 members (excludes halogenated alkanes) is 1. The molecule has 32 heavy (non-hydrogen) atoms. The predicted molar refractivity (Wildman–Crippen MR) is 121 cm³/mol. The Kier molecular flexibility index (Phi) is 5.52. The molecule has 2 heterocycles. The van der Waals surface area contributed by atoms with E-state index in [9.17, 15) is 14.4 Å². The third-order valence-electron chi connectivity index (χ3n) is 6.56. The highest BCUT2D eigenvalue weighted by Gasteiger charge is 2.42. The fourth-order valence-corrected chi connectivity index (χ4v) is 4.36. The molecule has 2 aromatic rings. The van der Waals surface area contributed by atoms with Gasteiger partial charge in [0.25, 0.3) is 11.8 Å². The number of aliphatic carboxylic acids is 1. The first kappa shape index (κ1) is 21.6. The summed E-state index contributed by atoms with van der Waals surface area (Å²) in [4.78, 5) is 39.5. The van der Waals surface area contributed by atoms with Gasteiger partial charge in [0.05, 0.1) is 23.4 Å². The second-order valence-electron chi connectivity index (χ2n) is 8.90. The molecule has 2 amide bonds. The molecule has 2 aliphatic rings. The summed E-state index contributed by atoms with van der Waals surface area (Å²) >= 11 is 0. The number of nitrogens with zero attached hydrogens (tertiary/aromatic N) is 2. The van der Waals surface area contributed by atoms with Gasteiger partial charge in [-0.15, -0.1) is 0 Å². The van der Waals surface area contributed by atoms with Gasteiger partial charge in [-0.25, -0.2) is 0 Å². The predicted octanol–water partition coefficient (Wildman–Crippen LogP) is 4.18. The highest BCUT2D eigenvalue weighted by molar-refractivity contribution is 6.21. The van der Waals surface area contributed by atoms with Crippen molar-refractivity contribution in [2.75, 3.05) is 4.90 Å². The summed E-state index contributed by atoms with van der Waals surface area (Å²) in [7, 11) is 0. The molecule has 6 nitrogen and oxygen atoms in total. The van der Waals surface area contributed by atoms with Crippen LogP contribution in [0, 0.1) is 12.0 Å². The van der Waals surface area contributed by atoms with E-state index >= 15 is 0 Å². The summed E-state index contributed by atoms with van der Waals surface area (Å²) in [5.74, 6) is 1.78. The number of carbonyl (C=O) groups is 3. The Balaban J connectivity index is 1.56. The van der Waals surface area contributed by atoms with Gasteiger partial charge in [0.1, 0.15) is 0 Å². The number of imide groups is 1. The van der Waals surface area contributed by atoms with Crippen molar-refractivity contribution in [1.29, 1.82) is 0 Å². The van der Waals surface area contributed by atoms with E-state index < -0.39 is 5.97 Å². The molecule has 0 radical (unpaired) electrons. The van der Waals surface area contributed by atoms with Gasteiger partial charge in [0.2, 0.25) is 0 Å². The van der Waals surface area contributed by atoms with Crippen molar-refractivity contribution in [3.05, 3.63) is 64.7 Å². The minimum atomic E-state index is -0.807. The van der Waals surface area contributed by atoms with E-state index in [4.69, 9.17) is 5.11 Å². The molecule has 1 unspecified atom stereocenters. The van der Waals surface area contributed by atoms with E-state index in [2.05, 4.69) is 38.8 Å². The maximum Gasteiger partial charge on any atom is 0.303 e. The van der Waals surface area contributed by atoms with Crippen molar-refractivity contribution in [2.24, 2.45) is 0 Å². The van der Waals surface area contributed by atoms with E-state index in [1.54, 1.807) is 24.3 Å². The zero-order valence-corrected chi connectivity index (χ0v) is 18.5. The van der Waals surface area contributed by atoms with Crippen LogP contribution < -0.4 is 4.90 Å². The summed E-state index contributed by atoms with van der Waals surface area (Å²) < 4.78 is 0. The summed E-state index contributed by atoms with van der Waals surface area (Å²) in [5, 5.41) is 8.77. The Labute approximate surface area is 187 Å². The fourth-order valence-electron chi connectivity index (χ4n) is 4.36. The SMILES string of the molecule is CC1N(C#CCCCC(=O)O)c2ccc(CN3C(=O)c4ccccc4C3=O)cc2C1(C)C. The van der Waals surface area contributed by atoms with Crippen LogP contribution in [-0.2, 0) is 16.8 Å². The molecular formula is C26H26N2O4. The lowest BCUT2D eigenvalue weighted by Crippen LogP contribution is -2.36. The fraction of sp³-hybridized carbons (Fsp3) is 0.346. The first-order valence-corrected chi connectivity index (χ1v) is 10.8. The van der Waals surface area contributed by atoms with Crippen molar-refractivity contribution in [2.45, 2.75) is 58.0 Å². The molecule has 0 saturated carbocycles. The van der Waals surface area contributed by atoms with Gasteiger partial charge in [0, 0.05) is 30.3 Å². The summed E-state index contributed by atoms with van der Waals surface area (Å²) in [6.07, 6.45) is 1.18. The van der Waals surface area contributed by atoms with E-state index in [0.29, 0.717) is 24.0 Å². The van der Waals surface area contributed by atoms with E-state index in [-0.39, 0.29) is 36.2 Å². The molecule has 2 aromatic carbocycles. The van der Waals surface area contributed by atoms with Crippen LogP contribution in [0.15, 0.2) is 42.5 Å². The van der Waals surface area contributed by atoms with Crippen molar-refractivity contribution in [3.8, 4) is 12.0 Å². The monoisotopic (exact) mass is 430 g/mol. The highest BCUT2D eigenvalue weighted by atomic mass is 16.4. The van der Waals surface area contributed by atoms with Gasteiger partial charge in [-0.1, -0.05) is 44.0 Å². The van der Waals surface area contributed by atoms with E-state index in [1.807, 2.05) is 17.0 Å². The number of fused-ring (bicyclic) bond motifs is 2. The molecule has 4 rings (SSSR count). The average Bonchev–Trinajstić information content (AvgIpc) is 3.11. The molecule has 0 spiro atoms. The van der Waals surface area contributed by atoms with Gasteiger partial charge in [-0.3, -0.25) is 24.2 Å². The Morgan fingerprint density at radius 3 is 2.38 bits per heavy atom. The minimum absolute atomic E-state index is 0.119. The van der Waals surface area contributed by atoms with Crippen LogP contribution in [0.4, 0.5) is 5.69 Å². The first-order chi connectivity index (χ1) is 15.2. The maximum atomic E-state index is 12.7. The van der Waals surface area contributed by atoms with Gasteiger partial charge in [-0.2, -0.15) is 0 Å². The van der Waals surface area contributed by atoms with Crippen molar-refractivity contribution < 1.29 is 19.5 Å². The lowest BCUT2D eigenvalue weighted by atomic mass is 9.81. The van der Waals surface area contributed by atoms with Gasteiger partial charge >= 0.3 is 5.97 Å². The standard InChI is InChI=1S/C26H26N2O4/c1-17-26(2,3)21-15-18(12-13-22(21)27(17)14-8-4-5-11-23(29)30)16-28-24(31)19-9-6-7-10-20(19)25(28)32/h6-7,9-10,12-13,15,17H,4-5,11,16H2,1-3H3,(H,29,30). The van der Waals surface area contributed by atoms with Gasteiger partial charge in [-0.05, 0) is 42.7 Å². The highest BCUT2D eigenvalue weighted by Crippen LogP contribution is 2.45. The molecular weight excluding hydrogens is 404 g/mol. The number of hydrogen-bond acceptors (Lipinski definition) is 4. The number of benzene rings is 2. The van der Waals surface area contributed by atoms with Crippen LogP contribution in [0.5, 0.6) is 0 Å². The lowest BCUT2D eigenvalue weighted by molar-refractivity contribution is -0.137. The topological polar surface area (TPSA) is 77.9 Å².